The SMILES string of the molecule is COc1ccc(CCNCCCCCCNCCc2cccc3ccccc23)cc1OC. The minimum Gasteiger partial charge on any atom is -0.493 e. The van der Waals surface area contributed by atoms with Gasteiger partial charge in [-0.05, 0) is 85.9 Å². The van der Waals surface area contributed by atoms with Crippen LogP contribution in [0.1, 0.15) is 36.8 Å². The molecule has 172 valence electrons. The van der Waals surface area contributed by atoms with Crippen LogP contribution in [0.5, 0.6) is 11.5 Å². The van der Waals surface area contributed by atoms with Crippen molar-refractivity contribution >= 4 is 10.8 Å². The molecule has 4 heteroatoms. The van der Waals surface area contributed by atoms with Crippen LogP contribution in [0.25, 0.3) is 10.8 Å². The number of hydrogen-bond acceptors (Lipinski definition) is 4. The lowest BCUT2D eigenvalue weighted by Crippen LogP contribution is -2.19. The summed E-state index contributed by atoms with van der Waals surface area (Å²) < 4.78 is 10.7. The third-order valence-electron chi connectivity index (χ3n) is 5.95. The Hall–Kier alpha value is -2.56. The van der Waals surface area contributed by atoms with Gasteiger partial charge in [-0.15, -0.1) is 0 Å². The van der Waals surface area contributed by atoms with Crippen molar-refractivity contribution in [2.45, 2.75) is 38.5 Å². The normalized spacial score (nSPS) is 11.1. The zero-order valence-electron chi connectivity index (χ0n) is 19.7. The molecule has 0 saturated heterocycles. The van der Waals surface area contributed by atoms with Gasteiger partial charge < -0.3 is 20.1 Å². The highest BCUT2D eigenvalue weighted by molar-refractivity contribution is 5.85. The van der Waals surface area contributed by atoms with Gasteiger partial charge in [-0.2, -0.15) is 0 Å². The van der Waals surface area contributed by atoms with E-state index in [1.54, 1.807) is 14.2 Å². The first-order chi connectivity index (χ1) is 15.8. The minimum atomic E-state index is 0.784. The number of benzene rings is 3. The molecule has 2 N–H and O–H groups in total. The summed E-state index contributed by atoms with van der Waals surface area (Å²) in [5.41, 5.74) is 2.71. The summed E-state index contributed by atoms with van der Waals surface area (Å²) in [7, 11) is 3.35. The molecule has 0 aromatic heterocycles. The van der Waals surface area contributed by atoms with Crippen LogP contribution in [0.2, 0.25) is 0 Å². The Balaban J connectivity index is 1.18. The summed E-state index contributed by atoms with van der Waals surface area (Å²) in [6.45, 7) is 4.23. The molecule has 32 heavy (non-hydrogen) atoms. The van der Waals surface area contributed by atoms with Crippen molar-refractivity contribution < 1.29 is 9.47 Å². The molecule has 0 unspecified atom stereocenters. The maximum atomic E-state index is 5.37. The fraction of sp³-hybridized carbons (Fsp3) is 0.429. The van der Waals surface area contributed by atoms with Crippen LogP contribution in [-0.2, 0) is 12.8 Å². The van der Waals surface area contributed by atoms with Gasteiger partial charge in [-0.1, -0.05) is 61.4 Å². The van der Waals surface area contributed by atoms with E-state index in [0.717, 1.165) is 50.5 Å². The predicted octanol–water partition coefficient (Wildman–Crippen LogP) is 5.38. The third kappa shape index (κ3) is 7.54. The highest BCUT2D eigenvalue weighted by Gasteiger charge is 2.04. The topological polar surface area (TPSA) is 42.5 Å². The van der Waals surface area contributed by atoms with Crippen molar-refractivity contribution in [3.05, 3.63) is 71.8 Å². The molecular formula is C28H38N2O2. The van der Waals surface area contributed by atoms with Gasteiger partial charge in [0.05, 0.1) is 14.2 Å². The molecule has 0 atom stereocenters. The molecule has 0 saturated carbocycles. The van der Waals surface area contributed by atoms with Crippen LogP contribution in [-0.4, -0.2) is 40.4 Å². The smallest absolute Gasteiger partial charge is 0.160 e. The molecule has 4 nitrogen and oxygen atoms in total. The van der Waals surface area contributed by atoms with Crippen LogP contribution in [0.4, 0.5) is 0 Å². The minimum absolute atomic E-state index is 0.784. The Morgan fingerprint density at radius 1 is 0.625 bits per heavy atom. The molecule has 0 aliphatic rings. The maximum absolute atomic E-state index is 5.37. The monoisotopic (exact) mass is 434 g/mol. The second kappa shape index (κ2) is 13.8. The number of nitrogens with one attached hydrogen (secondary N) is 2. The van der Waals surface area contributed by atoms with E-state index in [9.17, 15) is 0 Å². The van der Waals surface area contributed by atoms with Gasteiger partial charge in [0.15, 0.2) is 11.5 Å². The second-order valence-electron chi connectivity index (χ2n) is 8.24. The molecule has 0 fully saturated rings. The number of fused-ring (bicyclic) bond motifs is 1. The van der Waals surface area contributed by atoms with Crippen LogP contribution in [0.15, 0.2) is 60.7 Å². The van der Waals surface area contributed by atoms with Crippen LogP contribution in [0.3, 0.4) is 0 Å². The summed E-state index contributed by atoms with van der Waals surface area (Å²) in [5, 5.41) is 9.89. The summed E-state index contributed by atoms with van der Waals surface area (Å²) in [5.74, 6) is 1.59. The van der Waals surface area contributed by atoms with Crippen LogP contribution < -0.4 is 20.1 Å². The maximum Gasteiger partial charge on any atom is 0.160 e. The molecule has 0 heterocycles. The Morgan fingerprint density at radius 3 is 2.06 bits per heavy atom. The Kier molecular flexibility index (Phi) is 10.4. The summed E-state index contributed by atoms with van der Waals surface area (Å²) >= 11 is 0. The summed E-state index contributed by atoms with van der Waals surface area (Å²) in [4.78, 5) is 0. The van der Waals surface area contributed by atoms with Crippen molar-refractivity contribution in [1.82, 2.24) is 10.6 Å². The third-order valence-corrected chi connectivity index (χ3v) is 5.95. The molecule has 3 aromatic rings. The van der Waals surface area contributed by atoms with Crippen LogP contribution >= 0.6 is 0 Å². The molecule has 0 aliphatic heterocycles. The molecule has 0 bridgehead atoms. The molecular weight excluding hydrogens is 396 g/mol. The van der Waals surface area contributed by atoms with Gasteiger partial charge in [0.1, 0.15) is 0 Å². The van der Waals surface area contributed by atoms with Crippen molar-refractivity contribution in [1.29, 1.82) is 0 Å². The second-order valence-corrected chi connectivity index (χ2v) is 8.24. The Labute approximate surface area is 193 Å². The first-order valence-electron chi connectivity index (χ1n) is 11.9. The van der Waals surface area contributed by atoms with Crippen molar-refractivity contribution in [2.75, 3.05) is 40.4 Å². The molecule has 3 aromatic carbocycles. The first-order valence-corrected chi connectivity index (χ1v) is 11.9. The summed E-state index contributed by atoms with van der Waals surface area (Å²) in [6, 6.07) is 21.4. The van der Waals surface area contributed by atoms with E-state index >= 15 is 0 Å². The van der Waals surface area contributed by atoms with E-state index < -0.39 is 0 Å². The average Bonchev–Trinajstić information content (AvgIpc) is 2.84. The van der Waals surface area contributed by atoms with E-state index in [-0.39, 0.29) is 0 Å². The zero-order chi connectivity index (χ0) is 22.4. The molecule has 0 aliphatic carbocycles. The zero-order valence-corrected chi connectivity index (χ0v) is 19.7. The van der Waals surface area contributed by atoms with Gasteiger partial charge >= 0.3 is 0 Å². The number of unbranched alkanes of at least 4 members (excludes halogenated alkanes) is 3. The number of ether oxygens (including phenoxy) is 2. The van der Waals surface area contributed by atoms with Gasteiger partial charge in [0, 0.05) is 0 Å². The molecule has 0 spiro atoms. The standard InChI is InChI=1S/C28H38N2O2/c1-31-27-15-14-23(22-28(27)32-2)16-20-29-18-7-3-4-8-19-30-21-17-25-12-9-11-24-10-5-6-13-26(24)25/h5-6,9-15,22,29-30H,3-4,7-8,16-21H2,1-2H3. The van der Waals surface area contributed by atoms with Gasteiger partial charge in [0.25, 0.3) is 0 Å². The van der Waals surface area contributed by atoms with E-state index in [1.165, 1.54) is 47.6 Å². The van der Waals surface area contributed by atoms with Crippen molar-refractivity contribution in [3.8, 4) is 11.5 Å². The predicted molar refractivity (Wildman–Crippen MR) is 135 cm³/mol. The lowest BCUT2D eigenvalue weighted by Gasteiger charge is -2.10. The number of methoxy groups -OCH3 is 2. The van der Waals surface area contributed by atoms with E-state index in [1.807, 2.05) is 6.07 Å². The van der Waals surface area contributed by atoms with E-state index in [2.05, 4.69) is 65.2 Å². The summed E-state index contributed by atoms with van der Waals surface area (Å²) in [6.07, 6.45) is 7.16. The van der Waals surface area contributed by atoms with Crippen molar-refractivity contribution in [2.24, 2.45) is 0 Å². The first kappa shape index (κ1) is 24.1. The van der Waals surface area contributed by atoms with E-state index in [4.69, 9.17) is 9.47 Å². The number of hydrogen-bond donors (Lipinski definition) is 2. The van der Waals surface area contributed by atoms with Gasteiger partial charge in [-0.25, -0.2) is 0 Å². The fourth-order valence-corrected chi connectivity index (χ4v) is 4.11. The molecule has 0 amide bonds. The van der Waals surface area contributed by atoms with Gasteiger partial charge in [-0.3, -0.25) is 0 Å². The largest absolute Gasteiger partial charge is 0.493 e. The number of rotatable bonds is 15. The lowest BCUT2D eigenvalue weighted by atomic mass is 10.0. The molecule has 3 rings (SSSR count). The van der Waals surface area contributed by atoms with Crippen molar-refractivity contribution in [3.63, 3.8) is 0 Å². The molecule has 0 radical (unpaired) electrons. The van der Waals surface area contributed by atoms with Crippen LogP contribution in [0, 0.1) is 0 Å². The fourth-order valence-electron chi connectivity index (χ4n) is 4.11. The highest BCUT2D eigenvalue weighted by Crippen LogP contribution is 2.27. The van der Waals surface area contributed by atoms with Gasteiger partial charge in [0.2, 0.25) is 0 Å². The Morgan fingerprint density at radius 2 is 1.31 bits per heavy atom. The quantitative estimate of drug-likeness (QED) is 0.315. The highest BCUT2D eigenvalue weighted by atomic mass is 16.5. The lowest BCUT2D eigenvalue weighted by molar-refractivity contribution is 0.354. The Bertz CT molecular complexity index is 936. The van der Waals surface area contributed by atoms with E-state index in [0.29, 0.717) is 0 Å². The average molecular weight is 435 g/mol.